The van der Waals surface area contributed by atoms with Crippen LogP contribution in [0.2, 0.25) is 0 Å². The lowest BCUT2D eigenvalue weighted by Gasteiger charge is -2.26. The number of rotatable bonds is 7. The third-order valence-electron chi connectivity index (χ3n) is 3.94. The van der Waals surface area contributed by atoms with Gasteiger partial charge in [0.15, 0.2) is 0 Å². The fourth-order valence-corrected chi connectivity index (χ4v) is 4.79. The number of halogens is 1. The number of anilines is 1. The van der Waals surface area contributed by atoms with E-state index in [1.54, 1.807) is 7.05 Å². The molecule has 1 fully saturated rings. The summed E-state index contributed by atoms with van der Waals surface area (Å²) in [6, 6.07) is 3.49. The molecule has 28 heavy (non-hydrogen) atoms. The molecule has 1 aromatic carbocycles. The summed E-state index contributed by atoms with van der Waals surface area (Å²) in [4.78, 5) is 11.7. The molecule has 1 aliphatic rings. The molecule has 0 saturated carbocycles. The van der Waals surface area contributed by atoms with Crippen molar-refractivity contribution >= 4 is 33.4 Å². The van der Waals surface area contributed by atoms with Crippen LogP contribution in [0.1, 0.15) is 6.42 Å². The van der Waals surface area contributed by atoms with Crippen LogP contribution in [0.5, 0.6) is 0 Å². The van der Waals surface area contributed by atoms with E-state index in [1.165, 1.54) is 26.8 Å². The lowest BCUT2D eigenvalue weighted by atomic mass is 10.3. The van der Waals surface area contributed by atoms with Crippen LogP contribution in [0.25, 0.3) is 0 Å². The van der Waals surface area contributed by atoms with E-state index in [9.17, 15) is 17.6 Å². The molecule has 1 aromatic heterocycles. The lowest BCUT2D eigenvalue weighted by Crippen LogP contribution is -2.40. The van der Waals surface area contributed by atoms with Crippen molar-refractivity contribution < 1.29 is 22.3 Å². The summed E-state index contributed by atoms with van der Waals surface area (Å²) in [5.74, 6) is -0.765. The van der Waals surface area contributed by atoms with Gasteiger partial charge in [-0.1, -0.05) is 11.8 Å². The number of amides is 1. The zero-order valence-electron chi connectivity index (χ0n) is 15.0. The Balaban J connectivity index is 1.64. The van der Waals surface area contributed by atoms with E-state index < -0.39 is 20.7 Å². The van der Waals surface area contributed by atoms with Gasteiger partial charge < -0.3 is 10.1 Å². The SMILES string of the molecule is Cn1nnnc1SCCC(=O)Nc1ccc(F)c(S(=O)(=O)N2CCOCC2)c1. The maximum Gasteiger partial charge on any atom is 0.246 e. The number of morpholine rings is 1. The molecule has 1 aliphatic heterocycles. The number of aromatic nitrogens is 4. The molecule has 3 rings (SSSR count). The van der Waals surface area contributed by atoms with Crippen molar-refractivity contribution in [2.45, 2.75) is 16.5 Å². The van der Waals surface area contributed by atoms with Crippen LogP contribution >= 0.6 is 11.8 Å². The van der Waals surface area contributed by atoms with Crippen molar-refractivity contribution in [1.29, 1.82) is 0 Å². The number of sulfonamides is 1. The highest BCUT2D eigenvalue weighted by Gasteiger charge is 2.29. The first-order valence-corrected chi connectivity index (χ1v) is 10.8. The van der Waals surface area contributed by atoms with Crippen LogP contribution in [-0.2, 0) is 26.6 Å². The molecule has 0 radical (unpaired) electrons. The first-order chi connectivity index (χ1) is 13.4. The summed E-state index contributed by atoms with van der Waals surface area (Å²) in [6.07, 6.45) is 0.153. The van der Waals surface area contributed by atoms with E-state index in [-0.39, 0.29) is 44.3 Å². The highest BCUT2D eigenvalue weighted by atomic mass is 32.2. The minimum Gasteiger partial charge on any atom is -0.379 e. The highest BCUT2D eigenvalue weighted by molar-refractivity contribution is 7.99. The Bertz CT molecular complexity index is 946. The first kappa shape index (κ1) is 20.6. The van der Waals surface area contributed by atoms with E-state index in [0.717, 1.165) is 12.1 Å². The number of thioether (sulfide) groups is 1. The number of benzene rings is 1. The number of ether oxygens (including phenoxy) is 1. The van der Waals surface area contributed by atoms with Crippen molar-refractivity contribution in [3.63, 3.8) is 0 Å². The second kappa shape index (κ2) is 8.94. The van der Waals surface area contributed by atoms with Gasteiger partial charge in [-0.3, -0.25) is 4.79 Å². The zero-order chi connectivity index (χ0) is 20.1. The van der Waals surface area contributed by atoms with Crippen molar-refractivity contribution in [3.05, 3.63) is 24.0 Å². The number of aryl methyl sites for hydroxylation is 1. The maximum atomic E-state index is 14.2. The Morgan fingerprint density at radius 1 is 1.36 bits per heavy atom. The summed E-state index contributed by atoms with van der Waals surface area (Å²) in [7, 11) is -2.31. The number of nitrogens with zero attached hydrogens (tertiary/aromatic N) is 5. The van der Waals surface area contributed by atoms with Gasteiger partial charge in [-0.25, -0.2) is 17.5 Å². The van der Waals surface area contributed by atoms with Crippen LogP contribution in [0.3, 0.4) is 0 Å². The number of hydrogen-bond acceptors (Lipinski definition) is 8. The Morgan fingerprint density at radius 2 is 2.11 bits per heavy atom. The molecule has 10 nitrogen and oxygen atoms in total. The predicted molar refractivity (Wildman–Crippen MR) is 98.7 cm³/mol. The normalized spacial score (nSPS) is 15.5. The smallest absolute Gasteiger partial charge is 0.246 e. The van der Waals surface area contributed by atoms with Gasteiger partial charge in [-0.2, -0.15) is 4.31 Å². The van der Waals surface area contributed by atoms with Gasteiger partial charge in [0.25, 0.3) is 0 Å². The number of carbonyl (C=O) groups excluding carboxylic acids is 1. The maximum absolute atomic E-state index is 14.2. The molecule has 0 atom stereocenters. The molecule has 1 amide bonds. The molecular weight excluding hydrogens is 411 g/mol. The standard InChI is InChI=1S/C15H19FN6O4S2/c1-21-15(18-19-20-21)27-9-4-14(23)17-11-2-3-12(16)13(10-11)28(24,25)22-5-7-26-8-6-22/h2-3,10H,4-9H2,1H3,(H,17,23). The van der Waals surface area contributed by atoms with Crippen LogP contribution < -0.4 is 5.32 Å². The molecule has 0 aliphatic carbocycles. The minimum absolute atomic E-state index is 0.153. The number of hydrogen-bond donors (Lipinski definition) is 1. The average Bonchev–Trinajstić information content (AvgIpc) is 3.09. The van der Waals surface area contributed by atoms with Crippen molar-refractivity contribution in [2.75, 3.05) is 37.4 Å². The van der Waals surface area contributed by atoms with E-state index >= 15 is 0 Å². The number of nitrogens with one attached hydrogen (secondary N) is 1. The zero-order valence-corrected chi connectivity index (χ0v) is 16.7. The highest BCUT2D eigenvalue weighted by Crippen LogP contribution is 2.24. The Kier molecular flexibility index (Phi) is 6.59. The van der Waals surface area contributed by atoms with E-state index in [1.807, 2.05) is 0 Å². The molecule has 1 N–H and O–H groups in total. The molecule has 2 heterocycles. The number of tetrazole rings is 1. The van der Waals surface area contributed by atoms with Crippen molar-refractivity contribution in [2.24, 2.45) is 7.05 Å². The lowest BCUT2D eigenvalue weighted by molar-refractivity contribution is -0.115. The molecule has 13 heteroatoms. The second-order valence-electron chi connectivity index (χ2n) is 5.89. The molecule has 0 bridgehead atoms. The van der Waals surface area contributed by atoms with Crippen molar-refractivity contribution in [3.8, 4) is 0 Å². The quantitative estimate of drug-likeness (QED) is 0.631. The van der Waals surface area contributed by atoms with E-state index in [0.29, 0.717) is 10.9 Å². The van der Waals surface area contributed by atoms with Crippen LogP contribution in [-0.4, -0.2) is 70.9 Å². The number of carbonyl (C=O) groups is 1. The summed E-state index contributed by atoms with van der Waals surface area (Å²) >= 11 is 1.31. The van der Waals surface area contributed by atoms with Gasteiger partial charge in [0, 0.05) is 38.0 Å². The predicted octanol–water partition coefficient (Wildman–Crippen LogP) is 0.491. The van der Waals surface area contributed by atoms with Crippen LogP contribution in [0.4, 0.5) is 10.1 Å². The van der Waals surface area contributed by atoms with E-state index in [2.05, 4.69) is 20.8 Å². The minimum atomic E-state index is -4.00. The largest absolute Gasteiger partial charge is 0.379 e. The van der Waals surface area contributed by atoms with Gasteiger partial charge in [-0.15, -0.1) is 5.10 Å². The average molecular weight is 430 g/mol. The molecule has 0 unspecified atom stereocenters. The van der Waals surface area contributed by atoms with Crippen LogP contribution in [0, 0.1) is 5.82 Å². The fourth-order valence-electron chi connectivity index (χ4n) is 2.51. The molecule has 152 valence electrons. The third kappa shape index (κ3) is 4.84. The van der Waals surface area contributed by atoms with Gasteiger partial charge in [0.2, 0.25) is 21.1 Å². The summed E-state index contributed by atoms with van der Waals surface area (Å²) in [6.45, 7) is 0.838. The Hall–Kier alpha value is -2.09. The summed E-state index contributed by atoms with van der Waals surface area (Å²) < 4.78 is 47.3. The summed E-state index contributed by atoms with van der Waals surface area (Å²) in [5, 5.41) is 14.2. The molecule has 2 aromatic rings. The Morgan fingerprint density at radius 3 is 2.79 bits per heavy atom. The topological polar surface area (TPSA) is 119 Å². The van der Waals surface area contributed by atoms with Crippen molar-refractivity contribution in [1.82, 2.24) is 24.5 Å². The van der Waals surface area contributed by atoms with Gasteiger partial charge >= 0.3 is 0 Å². The van der Waals surface area contributed by atoms with Gasteiger partial charge in [-0.05, 0) is 28.6 Å². The van der Waals surface area contributed by atoms with Gasteiger partial charge in [0.05, 0.1) is 13.2 Å². The fraction of sp³-hybridized carbons (Fsp3) is 0.467. The summed E-state index contributed by atoms with van der Waals surface area (Å²) in [5.41, 5.74) is 0.212. The van der Waals surface area contributed by atoms with Gasteiger partial charge in [0.1, 0.15) is 10.7 Å². The molecule has 1 saturated heterocycles. The monoisotopic (exact) mass is 430 g/mol. The first-order valence-electron chi connectivity index (χ1n) is 8.40. The second-order valence-corrected chi connectivity index (χ2v) is 8.86. The molecular formula is C15H19FN6O4S2. The van der Waals surface area contributed by atoms with Crippen LogP contribution in [0.15, 0.2) is 28.3 Å². The Labute approximate surface area is 165 Å². The van der Waals surface area contributed by atoms with E-state index in [4.69, 9.17) is 4.74 Å². The molecule has 0 spiro atoms. The third-order valence-corrected chi connectivity index (χ3v) is 6.87.